The number of likely N-dealkylation sites (tertiary alicyclic amines) is 1. The Morgan fingerprint density at radius 2 is 1.72 bits per heavy atom. The van der Waals surface area contributed by atoms with Gasteiger partial charge in [-0.25, -0.2) is 0 Å². The van der Waals surface area contributed by atoms with Crippen molar-refractivity contribution in [1.82, 2.24) is 10.2 Å². The summed E-state index contributed by atoms with van der Waals surface area (Å²) >= 11 is 0. The molecule has 0 radical (unpaired) electrons. The molecule has 1 saturated heterocycles. The zero-order valence-electron chi connectivity index (χ0n) is 17.0. The van der Waals surface area contributed by atoms with Gasteiger partial charge in [-0.05, 0) is 66.9 Å². The fourth-order valence-electron chi connectivity index (χ4n) is 4.33. The molecule has 1 amide bonds. The van der Waals surface area contributed by atoms with Gasteiger partial charge in [0.1, 0.15) is 0 Å². The normalized spacial score (nSPS) is 16.6. The molecule has 29 heavy (non-hydrogen) atoms. The molecule has 1 aliphatic rings. The van der Waals surface area contributed by atoms with E-state index in [9.17, 15) is 4.79 Å². The third kappa shape index (κ3) is 4.43. The minimum absolute atomic E-state index is 0.0970. The van der Waals surface area contributed by atoms with Crippen molar-refractivity contribution < 1.29 is 4.79 Å². The summed E-state index contributed by atoms with van der Waals surface area (Å²) in [6.07, 6.45) is 1.81. The van der Waals surface area contributed by atoms with E-state index in [2.05, 4.69) is 59.6 Å². The van der Waals surface area contributed by atoms with Gasteiger partial charge in [0.2, 0.25) is 5.91 Å². The van der Waals surface area contributed by atoms with Crippen LogP contribution in [0.5, 0.6) is 0 Å². The third-order valence-electron chi connectivity index (χ3n) is 6.17. The van der Waals surface area contributed by atoms with Crippen LogP contribution in [0.2, 0.25) is 0 Å². The summed E-state index contributed by atoms with van der Waals surface area (Å²) in [5.41, 5.74) is 8.91. The smallest absolute Gasteiger partial charge is 0.223 e. The lowest BCUT2D eigenvalue weighted by molar-refractivity contribution is -0.126. The zero-order chi connectivity index (χ0) is 20.2. The number of hydrogen-bond acceptors (Lipinski definition) is 3. The van der Waals surface area contributed by atoms with Crippen molar-refractivity contribution in [3.05, 3.63) is 77.9 Å². The molecule has 1 aliphatic heterocycles. The van der Waals surface area contributed by atoms with Crippen LogP contribution in [0.4, 0.5) is 5.69 Å². The van der Waals surface area contributed by atoms with Crippen LogP contribution < -0.4 is 11.1 Å². The fourth-order valence-corrected chi connectivity index (χ4v) is 4.33. The van der Waals surface area contributed by atoms with E-state index in [-0.39, 0.29) is 11.8 Å². The minimum Gasteiger partial charge on any atom is -0.399 e. The van der Waals surface area contributed by atoms with Crippen LogP contribution in [-0.4, -0.2) is 23.9 Å². The highest BCUT2D eigenvalue weighted by atomic mass is 16.1. The molecule has 0 bridgehead atoms. The highest BCUT2D eigenvalue weighted by Crippen LogP contribution is 2.31. The van der Waals surface area contributed by atoms with Gasteiger partial charge in [-0.15, -0.1) is 0 Å². The van der Waals surface area contributed by atoms with Gasteiger partial charge in [0.05, 0.1) is 0 Å². The molecule has 0 aromatic heterocycles. The molecule has 3 N–H and O–H groups in total. The number of nitrogens with zero attached hydrogens (tertiary/aromatic N) is 1. The first-order valence-corrected chi connectivity index (χ1v) is 10.5. The van der Waals surface area contributed by atoms with Crippen LogP contribution in [-0.2, 0) is 11.3 Å². The van der Waals surface area contributed by atoms with Gasteiger partial charge in [0.15, 0.2) is 0 Å². The number of rotatable bonds is 5. The van der Waals surface area contributed by atoms with Gasteiger partial charge in [-0.2, -0.15) is 0 Å². The Hall–Kier alpha value is -2.85. The van der Waals surface area contributed by atoms with E-state index in [0.29, 0.717) is 12.6 Å². The van der Waals surface area contributed by atoms with Crippen molar-refractivity contribution in [1.29, 1.82) is 0 Å². The number of hydrogen-bond donors (Lipinski definition) is 2. The molecule has 1 fully saturated rings. The number of nitrogen functional groups attached to an aromatic ring is 1. The number of piperidine rings is 1. The van der Waals surface area contributed by atoms with E-state index in [1.807, 2.05) is 24.3 Å². The molecule has 4 heteroatoms. The van der Waals surface area contributed by atoms with Crippen molar-refractivity contribution >= 4 is 22.4 Å². The summed E-state index contributed by atoms with van der Waals surface area (Å²) in [6.45, 7) is 4.74. The predicted octanol–water partition coefficient (Wildman–Crippen LogP) is 4.51. The molecule has 1 heterocycles. The predicted molar refractivity (Wildman–Crippen MR) is 119 cm³/mol. The molecule has 0 aliphatic carbocycles. The Labute approximate surface area is 172 Å². The first-order valence-electron chi connectivity index (χ1n) is 10.5. The van der Waals surface area contributed by atoms with Crippen molar-refractivity contribution in [3.63, 3.8) is 0 Å². The number of nitrogens with one attached hydrogen (secondary N) is 1. The Bertz CT molecular complexity index is 970. The van der Waals surface area contributed by atoms with Gasteiger partial charge in [-0.1, -0.05) is 54.6 Å². The molecule has 0 saturated carbocycles. The molecule has 3 aromatic carbocycles. The van der Waals surface area contributed by atoms with Crippen LogP contribution >= 0.6 is 0 Å². The molecular weight excluding hydrogens is 358 g/mol. The van der Waals surface area contributed by atoms with E-state index in [0.717, 1.165) is 37.2 Å². The molecule has 1 unspecified atom stereocenters. The first-order chi connectivity index (χ1) is 14.1. The zero-order valence-corrected chi connectivity index (χ0v) is 17.0. The lowest BCUT2D eigenvalue weighted by Gasteiger charge is -2.36. The van der Waals surface area contributed by atoms with Gasteiger partial charge in [-0.3, -0.25) is 9.69 Å². The summed E-state index contributed by atoms with van der Waals surface area (Å²) in [7, 11) is 0. The summed E-state index contributed by atoms with van der Waals surface area (Å²) in [4.78, 5) is 15.1. The second kappa shape index (κ2) is 8.66. The molecule has 150 valence electrons. The maximum Gasteiger partial charge on any atom is 0.223 e. The van der Waals surface area contributed by atoms with Crippen molar-refractivity contribution in [2.45, 2.75) is 32.4 Å². The second-order valence-corrected chi connectivity index (χ2v) is 8.01. The van der Waals surface area contributed by atoms with E-state index >= 15 is 0 Å². The quantitative estimate of drug-likeness (QED) is 0.633. The summed E-state index contributed by atoms with van der Waals surface area (Å²) in [6, 6.07) is 23.1. The third-order valence-corrected chi connectivity index (χ3v) is 6.17. The number of carbonyl (C=O) groups is 1. The summed E-state index contributed by atoms with van der Waals surface area (Å²) in [5.74, 6) is 0.263. The number of nitrogens with two attached hydrogens (primary N) is 1. The SMILES string of the molecule is CC(c1cccc2ccccc12)N1CCC(C(=O)NCc2ccc(N)cc2)CC1. The average Bonchev–Trinajstić information content (AvgIpc) is 2.78. The van der Waals surface area contributed by atoms with E-state index < -0.39 is 0 Å². The van der Waals surface area contributed by atoms with Gasteiger partial charge in [0.25, 0.3) is 0 Å². The largest absolute Gasteiger partial charge is 0.399 e. The number of benzene rings is 3. The Morgan fingerprint density at radius 3 is 2.48 bits per heavy atom. The van der Waals surface area contributed by atoms with Crippen LogP contribution in [0, 0.1) is 5.92 Å². The van der Waals surface area contributed by atoms with Gasteiger partial charge < -0.3 is 11.1 Å². The highest BCUT2D eigenvalue weighted by molar-refractivity contribution is 5.86. The van der Waals surface area contributed by atoms with Crippen LogP contribution in [0.3, 0.4) is 0 Å². The Balaban J connectivity index is 1.33. The van der Waals surface area contributed by atoms with Crippen LogP contribution in [0.1, 0.15) is 36.9 Å². The van der Waals surface area contributed by atoms with E-state index in [4.69, 9.17) is 5.73 Å². The molecule has 3 aromatic rings. The highest BCUT2D eigenvalue weighted by Gasteiger charge is 2.28. The standard InChI is InChI=1S/C25H29N3O/c1-18(23-8-4-6-20-5-2-3-7-24(20)23)28-15-13-21(14-16-28)25(29)27-17-19-9-11-22(26)12-10-19/h2-12,18,21H,13-17,26H2,1H3,(H,27,29). The average molecular weight is 388 g/mol. The van der Waals surface area contributed by atoms with Crippen LogP contribution in [0.15, 0.2) is 66.7 Å². The van der Waals surface area contributed by atoms with Gasteiger partial charge in [0, 0.05) is 24.2 Å². The Morgan fingerprint density at radius 1 is 1.03 bits per heavy atom. The molecule has 4 rings (SSSR count). The summed E-state index contributed by atoms with van der Waals surface area (Å²) < 4.78 is 0. The van der Waals surface area contributed by atoms with Gasteiger partial charge >= 0.3 is 0 Å². The summed E-state index contributed by atoms with van der Waals surface area (Å²) in [5, 5.41) is 5.70. The van der Waals surface area contributed by atoms with Crippen molar-refractivity contribution in [3.8, 4) is 0 Å². The number of anilines is 1. The first kappa shape index (κ1) is 19.5. The van der Waals surface area contributed by atoms with E-state index in [1.165, 1.54) is 16.3 Å². The number of carbonyl (C=O) groups excluding carboxylic acids is 1. The maximum atomic E-state index is 12.6. The molecule has 0 spiro atoms. The molecular formula is C25H29N3O. The Kier molecular flexibility index (Phi) is 5.81. The van der Waals surface area contributed by atoms with Crippen molar-refractivity contribution in [2.75, 3.05) is 18.8 Å². The lowest BCUT2D eigenvalue weighted by Crippen LogP contribution is -2.41. The maximum absolute atomic E-state index is 12.6. The monoisotopic (exact) mass is 387 g/mol. The lowest BCUT2D eigenvalue weighted by atomic mass is 9.92. The second-order valence-electron chi connectivity index (χ2n) is 8.01. The topological polar surface area (TPSA) is 58.4 Å². The van der Waals surface area contributed by atoms with Crippen LogP contribution in [0.25, 0.3) is 10.8 Å². The van der Waals surface area contributed by atoms with E-state index in [1.54, 1.807) is 0 Å². The molecule has 1 atom stereocenters. The fraction of sp³-hybridized carbons (Fsp3) is 0.320. The van der Waals surface area contributed by atoms with Crippen molar-refractivity contribution in [2.24, 2.45) is 5.92 Å². The molecule has 4 nitrogen and oxygen atoms in total. The minimum atomic E-state index is 0.0970. The number of amides is 1. The number of fused-ring (bicyclic) bond motifs is 1.